The van der Waals surface area contributed by atoms with Gasteiger partial charge in [0.1, 0.15) is 0 Å². The Labute approximate surface area is 96.6 Å². The molecule has 0 radical (unpaired) electrons. The number of hydrogen-bond acceptors (Lipinski definition) is 2. The molecule has 1 aromatic rings. The van der Waals surface area contributed by atoms with E-state index < -0.39 is 0 Å². The predicted octanol–water partition coefficient (Wildman–Crippen LogP) is 2.36. The first-order valence-electron chi connectivity index (χ1n) is 5.14. The van der Waals surface area contributed by atoms with Crippen molar-refractivity contribution in [3.63, 3.8) is 0 Å². The summed E-state index contributed by atoms with van der Waals surface area (Å²) in [6.45, 7) is 1.75. The first-order chi connectivity index (χ1) is 7.26. The molecule has 1 N–H and O–H groups in total. The first kappa shape index (κ1) is 12.5. The Bertz CT molecular complexity index is 267. The maximum atomic E-state index is 5.83. The van der Waals surface area contributed by atoms with Crippen molar-refractivity contribution in [1.29, 1.82) is 0 Å². The van der Waals surface area contributed by atoms with E-state index in [0.717, 1.165) is 24.6 Å². The third-order valence-corrected chi connectivity index (χ3v) is 2.58. The van der Waals surface area contributed by atoms with Crippen molar-refractivity contribution in [3.8, 4) is 0 Å². The van der Waals surface area contributed by atoms with Gasteiger partial charge in [-0.3, -0.25) is 0 Å². The smallest absolute Gasteiger partial charge is 0.0505 e. The van der Waals surface area contributed by atoms with Crippen LogP contribution in [0.4, 0.5) is 0 Å². The van der Waals surface area contributed by atoms with Crippen LogP contribution >= 0.6 is 11.6 Å². The van der Waals surface area contributed by atoms with Crippen LogP contribution in [0, 0.1) is 5.92 Å². The van der Waals surface area contributed by atoms with E-state index in [1.54, 1.807) is 7.11 Å². The molecule has 15 heavy (non-hydrogen) atoms. The van der Waals surface area contributed by atoms with Crippen molar-refractivity contribution in [2.24, 2.45) is 5.92 Å². The molecule has 1 rings (SSSR count). The van der Waals surface area contributed by atoms with Crippen LogP contribution in [-0.2, 0) is 11.2 Å². The van der Waals surface area contributed by atoms with Gasteiger partial charge in [-0.1, -0.05) is 23.7 Å². The van der Waals surface area contributed by atoms with Crippen LogP contribution in [0.3, 0.4) is 0 Å². The van der Waals surface area contributed by atoms with E-state index in [9.17, 15) is 0 Å². The lowest BCUT2D eigenvalue weighted by atomic mass is 10.0. The van der Waals surface area contributed by atoms with Gasteiger partial charge in [0.25, 0.3) is 0 Å². The van der Waals surface area contributed by atoms with Crippen molar-refractivity contribution < 1.29 is 4.74 Å². The van der Waals surface area contributed by atoms with E-state index in [1.165, 1.54) is 5.56 Å². The van der Waals surface area contributed by atoms with Crippen molar-refractivity contribution in [3.05, 3.63) is 34.9 Å². The fourth-order valence-electron chi connectivity index (χ4n) is 1.67. The zero-order valence-corrected chi connectivity index (χ0v) is 10.1. The molecule has 1 aromatic carbocycles. The van der Waals surface area contributed by atoms with Gasteiger partial charge in [0, 0.05) is 18.7 Å². The molecule has 0 saturated carbocycles. The molecule has 0 aliphatic carbocycles. The summed E-state index contributed by atoms with van der Waals surface area (Å²) in [5, 5.41) is 3.97. The van der Waals surface area contributed by atoms with Crippen LogP contribution in [0.5, 0.6) is 0 Å². The summed E-state index contributed by atoms with van der Waals surface area (Å²) >= 11 is 5.83. The fourth-order valence-corrected chi connectivity index (χ4v) is 1.79. The van der Waals surface area contributed by atoms with Gasteiger partial charge >= 0.3 is 0 Å². The molecule has 1 unspecified atom stereocenters. The highest BCUT2D eigenvalue weighted by molar-refractivity contribution is 6.30. The van der Waals surface area contributed by atoms with Crippen LogP contribution < -0.4 is 5.32 Å². The molecule has 0 aliphatic heterocycles. The summed E-state index contributed by atoms with van der Waals surface area (Å²) in [4.78, 5) is 0. The van der Waals surface area contributed by atoms with E-state index in [4.69, 9.17) is 16.3 Å². The lowest BCUT2D eigenvalue weighted by Gasteiger charge is -2.15. The molecule has 0 aliphatic rings. The van der Waals surface area contributed by atoms with Gasteiger partial charge in [0.15, 0.2) is 0 Å². The van der Waals surface area contributed by atoms with Gasteiger partial charge in [-0.2, -0.15) is 0 Å². The van der Waals surface area contributed by atoms with Crippen LogP contribution in [0.2, 0.25) is 5.02 Å². The fraction of sp³-hybridized carbons (Fsp3) is 0.500. The number of methoxy groups -OCH3 is 1. The van der Waals surface area contributed by atoms with Crippen LogP contribution in [0.25, 0.3) is 0 Å². The molecule has 2 nitrogen and oxygen atoms in total. The monoisotopic (exact) mass is 227 g/mol. The average Bonchev–Trinajstić information content (AvgIpc) is 2.22. The highest BCUT2D eigenvalue weighted by Gasteiger charge is 2.08. The number of halogens is 1. The zero-order valence-electron chi connectivity index (χ0n) is 9.29. The van der Waals surface area contributed by atoms with E-state index in [0.29, 0.717) is 5.92 Å². The Balaban J connectivity index is 2.53. The van der Waals surface area contributed by atoms with Crippen LogP contribution in [0.1, 0.15) is 5.56 Å². The average molecular weight is 228 g/mol. The Morgan fingerprint density at radius 3 is 2.53 bits per heavy atom. The summed E-state index contributed by atoms with van der Waals surface area (Å²) in [7, 11) is 3.70. The van der Waals surface area contributed by atoms with Gasteiger partial charge in [0.05, 0.1) is 6.61 Å². The quantitative estimate of drug-likeness (QED) is 0.806. The minimum Gasteiger partial charge on any atom is -0.384 e. The van der Waals surface area contributed by atoms with Crippen LogP contribution in [-0.4, -0.2) is 27.3 Å². The topological polar surface area (TPSA) is 21.3 Å². The van der Waals surface area contributed by atoms with E-state index >= 15 is 0 Å². The number of nitrogens with one attached hydrogen (secondary N) is 1. The third-order valence-electron chi connectivity index (χ3n) is 2.33. The number of ether oxygens (including phenoxy) is 1. The normalized spacial score (nSPS) is 12.7. The number of hydrogen-bond donors (Lipinski definition) is 1. The molecule has 0 amide bonds. The van der Waals surface area contributed by atoms with Gasteiger partial charge in [0.2, 0.25) is 0 Å². The first-order valence-corrected chi connectivity index (χ1v) is 5.52. The summed E-state index contributed by atoms with van der Waals surface area (Å²) in [6.07, 6.45) is 1.02. The minimum absolute atomic E-state index is 0.515. The molecule has 3 heteroatoms. The second-order valence-electron chi connectivity index (χ2n) is 3.71. The summed E-state index contributed by atoms with van der Waals surface area (Å²) in [6, 6.07) is 8.00. The van der Waals surface area contributed by atoms with Gasteiger partial charge in [-0.25, -0.2) is 0 Å². The second kappa shape index (κ2) is 6.83. The highest BCUT2D eigenvalue weighted by Crippen LogP contribution is 2.13. The maximum absolute atomic E-state index is 5.83. The molecule has 0 spiro atoms. The Morgan fingerprint density at radius 1 is 1.33 bits per heavy atom. The largest absolute Gasteiger partial charge is 0.384 e. The Kier molecular flexibility index (Phi) is 5.69. The van der Waals surface area contributed by atoms with Crippen molar-refractivity contribution >= 4 is 11.6 Å². The Hall–Kier alpha value is -0.570. The van der Waals surface area contributed by atoms with Gasteiger partial charge in [-0.15, -0.1) is 0 Å². The second-order valence-corrected chi connectivity index (χ2v) is 4.15. The third kappa shape index (κ3) is 4.65. The van der Waals surface area contributed by atoms with Crippen LogP contribution in [0.15, 0.2) is 24.3 Å². The van der Waals surface area contributed by atoms with E-state index in [2.05, 4.69) is 17.4 Å². The van der Waals surface area contributed by atoms with Gasteiger partial charge in [-0.05, 0) is 37.1 Å². The van der Waals surface area contributed by atoms with E-state index in [1.807, 2.05) is 19.2 Å². The lowest BCUT2D eigenvalue weighted by molar-refractivity contribution is 0.152. The van der Waals surface area contributed by atoms with Crippen molar-refractivity contribution in [1.82, 2.24) is 5.32 Å². The summed E-state index contributed by atoms with van der Waals surface area (Å²) < 4.78 is 5.19. The molecule has 0 heterocycles. The van der Waals surface area contributed by atoms with Crippen molar-refractivity contribution in [2.45, 2.75) is 6.42 Å². The molecule has 1 atom stereocenters. The van der Waals surface area contributed by atoms with Gasteiger partial charge < -0.3 is 10.1 Å². The Morgan fingerprint density at radius 2 is 2.00 bits per heavy atom. The summed E-state index contributed by atoms with van der Waals surface area (Å²) in [5.74, 6) is 0.515. The molecule has 0 fully saturated rings. The maximum Gasteiger partial charge on any atom is 0.0505 e. The van der Waals surface area contributed by atoms with E-state index in [-0.39, 0.29) is 0 Å². The number of benzene rings is 1. The number of rotatable bonds is 6. The summed E-state index contributed by atoms with van der Waals surface area (Å²) in [5.41, 5.74) is 1.30. The molecule has 0 aromatic heterocycles. The lowest BCUT2D eigenvalue weighted by Crippen LogP contribution is -2.24. The van der Waals surface area contributed by atoms with Crippen molar-refractivity contribution in [2.75, 3.05) is 27.3 Å². The molecule has 0 bridgehead atoms. The molecule has 84 valence electrons. The molecular formula is C12H18ClNO. The SMILES string of the molecule is CNCC(COC)Cc1ccc(Cl)cc1. The molecular weight excluding hydrogens is 210 g/mol. The molecule has 0 saturated heterocycles. The predicted molar refractivity (Wildman–Crippen MR) is 64.4 cm³/mol. The highest BCUT2D eigenvalue weighted by atomic mass is 35.5. The zero-order chi connectivity index (χ0) is 11.1. The standard InChI is InChI=1S/C12H18ClNO/c1-14-8-11(9-15-2)7-10-3-5-12(13)6-4-10/h3-6,11,14H,7-9H2,1-2H3. The minimum atomic E-state index is 0.515.